The maximum absolute atomic E-state index is 6.23. The number of methoxy groups -OCH3 is 1. The average Bonchev–Trinajstić information content (AvgIpc) is 3.15. The number of rotatable bonds is 5. The van der Waals surface area contributed by atoms with Crippen molar-refractivity contribution in [2.45, 2.75) is 38.1 Å². The number of halogens is 1. The SMILES string of the molecule is COc1ncnc2c1nc(C(C)Cl)n2CCC1CC1. The van der Waals surface area contributed by atoms with Crippen LogP contribution in [0.2, 0.25) is 0 Å². The van der Waals surface area contributed by atoms with Crippen LogP contribution in [0.5, 0.6) is 5.88 Å². The topological polar surface area (TPSA) is 52.8 Å². The van der Waals surface area contributed by atoms with Gasteiger partial charge in [0, 0.05) is 6.54 Å². The van der Waals surface area contributed by atoms with Gasteiger partial charge in [-0.25, -0.2) is 9.97 Å². The second-order valence-corrected chi connectivity index (χ2v) is 5.68. The van der Waals surface area contributed by atoms with E-state index in [1.54, 1.807) is 7.11 Å². The summed E-state index contributed by atoms with van der Waals surface area (Å²) in [4.78, 5) is 13.0. The number of imidazole rings is 1. The molecule has 2 aromatic rings. The van der Waals surface area contributed by atoms with Crippen LogP contribution in [0.3, 0.4) is 0 Å². The molecule has 5 nitrogen and oxygen atoms in total. The zero-order valence-corrected chi connectivity index (χ0v) is 11.9. The molecule has 0 bridgehead atoms. The summed E-state index contributed by atoms with van der Waals surface area (Å²) in [5.41, 5.74) is 1.51. The standard InChI is InChI=1S/C13H17ClN4O/c1-8(14)11-17-10-12(15-7-16-13(10)19-2)18(11)6-5-9-3-4-9/h7-9H,3-6H2,1-2H3. The van der Waals surface area contributed by atoms with E-state index in [9.17, 15) is 0 Å². The lowest BCUT2D eigenvalue weighted by Gasteiger charge is -2.09. The molecule has 19 heavy (non-hydrogen) atoms. The molecular weight excluding hydrogens is 264 g/mol. The molecule has 1 fully saturated rings. The first kappa shape index (κ1) is 12.7. The summed E-state index contributed by atoms with van der Waals surface area (Å²) in [5.74, 6) is 2.21. The molecule has 0 spiro atoms. The van der Waals surface area contributed by atoms with Gasteiger partial charge in [0.2, 0.25) is 5.88 Å². The van der Waals surface area contributed by atoms with E-state index in [1.807, 2.05) is 6.92 Å². The Bertz CT molecular complexity index is 592. The zero-order valence-electron chi connectivity index (χ0n) is 11.1. The van der Waals surface area contributed by atoms with Crippen molar-refractivity contribution in [2.24, 2.45) is 5.92 Å². The number of fused-ring (bicyclic) bond motifs is 1. The fourth-order valence-electron chi connectivity index (χ4n) is 2.32. The van der Waals surface area contributed by atoms with E-state index >= 15 is 0 Å². The molecule has 0 N–H and O–H groups in total. The Morgan fingerprint density at radius 1 is 1.47 bits per heavy atom. The molecule has 3 rings (SSSR count). The van der Waals surface area contributed by atoms with Crippen molar-refractivity contribution in [3.8, 4) is 5.88 Å². The third-order valence-electron chi connectivity index (χ3n) is 3.53. The highest BCUT2D eigenvalue weighted by Crippen LogP contribution is 2.34. The van der Waals surface area contributed by atoms with Crippen molar-refractivity contribution in [2.75, 3.05) is 7.11 Å². The Morgan fingerprint density at radius 3 is 2.89 bits per heavy atom. The second-order valence-electron chi connectivity index (χ2n) is 5.02. The van der Waals surface area contributed by atoms with Gasteiger partial charge in [-0.1, -0.05) is 12.8 Å². The van der Waals surface area contributed by atoms with Crippen molar-refractivity contribution in [1.29, 1.82) is 0 Å². The van der Waals surface area contributed by atoms with Gasteiger partial charge in [-0.05, 0) is 19.3 Å². The predicted octanol–water partition coefficient (Wildman–Crippen LogP) is 2.93. The van der Waals surface area contributed by atoms with E-state index in [-0.39, 0.29) is 5.38 Å². The molecule has 0 aromatic carbocycles. The summed E-state index contributed by atoms with van der Waals surface area (Å²) in [7, 11) is 1.59. The molecule has 1 aliphatic rings. The van der Waals surface area contributed by atoms with E-state index in [4.69, 9.17) is 16.3 Å². The molecule has 1 unspecified atom stereocenters. The van der Waals surface area contributed by atoms with Crippen molar-refractivity contribution in [3.63, 3.8) is 0 Å². The summed E-state index contributed by atoms with van der Waals surface area (Å²) < 4.78 is 7.35. The first-order valence-corrected chi connectivity index (χ1v) is 7.03. The van der Waals surface area contributed by atoms with Gasteiger partial charge in [0.15, 0.2) is 11.2 Å². The van der Waals surface area contributed by atoms with Crippen LogP contribution in [0.25, 0.3) is 11.2 Å². The first-order valence-electron chi connectivity index (χ1n) is 6.60. The second kappa shape index (κ2) is 4.96. The Kier molecular flexibility index (Phi) is 3.31. The molecule has 1 saturated carbocycles. The fourth-order valence-corrected chi connectivity index (χ4v) is 2.49. The third kappa shape index (κ3) is 2.39. The van der Waals surface area contributed by atoms with Crippen molar-refractivity contribution in [3.05, 3.63) is 12.2 Å². The molecule has 2 aromatic heterocycles. The first-order chi connectivity index (χ1) is 9.20. The summed E-state index contributed by atoms with van der Waals surface area (Å²) in [6, 6.07) is 0. The van der Waals surface area contributed by atoms with Crippen LogP contribution in [0.1, 0.15) is 37.4 Å². The molecule has 1 atom stereocenters. The number of aromatic nitrogens is 4. The van der Waals surface area contributed by atoms with E-state index in [2.05, 4.69) is 19.5 Å². The Labute approximate surface area is 117 Å². The van der Waals surface area contributed by atoms with Gasteiger partial charge in [-0.2, -0.15) is 4.98 Å². The van der Waals surface area contributed by atoms with Gasteiger partial charge in [-0.15, -0.1) is 11.6 Å². The minimum atomic E-state index is -0.155. The molecule has 1 aliphatic carbocycles. The largest absolute Gasteiger partial charge is 0.479 e. The van der Waals surface area contributed by atoms with E-state index in [0.29, 0.717) is 11.4 Å². The maximum Gasteiger partial charge on any atom is 0.245 e. The molecule has 0 radical (unpaired) electrons. The predicted molar refractivity (Wildman–Crippen MR) is 73.5 cm³/mol. The van der Waals surface area contributed by atoms with Crippen molar-refractivity contribution < 1.29 is 4.74 Å². The van der Waals surface area contributed by atoms with E-state index < -0.39 is 0 Å². The molecular formula is C13H17ClN4O. The summed E-state index contributed by atoms with van der Waals surface area (Å²) >= 11 is 6.23. The Balaban J connectivity index is 2.06. The number of ether oxygens (including phenoxy) is 1. The molecule has 102 valence electrons. The molecule has 0 aliphatic heterocycles. The van der Waals surface area contributed by atoms with E-state index in [0.717, 1.165) is 30.4 Å². The highest BCUT2D eigenvalue weighted by atomic mass is 35.5. The summed E-state index contributed by atoms with van der Waals surface area (Å²) in [6.45, 7) is 2.84. The zero-order chi connectivity index (χ0) is 13.4. The number of nitrogens with zero attached hydrogens (tertiary/aromatic N) is 4. The fraction of sp³-hybridized carbons (Fsp3) is 0.615. The monoisotopic (exact) mass is 280 g/mol. The Hall–Kier alpha value is -1.36. The number of hydrogen-bond donors (Lipinski definition) is 0. The van der Waals surface area contributed by atoms with Gasteiger partial charge in [0.05, 0.1) is 12.5 Å². The highest BCUT2D eigenvalue weighted by molar-refractivity contribution is 6.20. The smallest absolute Gasteiger partial charge is 0.245 e. The van der Waals surface area contributed by atoms with Crippen LogP contribution in [-0.2, 0) is 6.54 Å². The molecule has 6 heteroatoms. The maximum atomic E-state index is 6.23. The van der Waals surface area contributed by atoms with Crippen LogP contribution in [0.15, 0.2) is 6.33 Å². The van der Waals surface area contributed by atoms with E-state index in [1.165, 1.54) is 19.2 Å². The minimum absolute atomic E-state index is 0.155. The van der Waals surface area contributed by atoms with Gasteiger partial charge >= 0.3 is 0 Å². The third-order valence-corrected chi connectivity index (χ3v) is 3.73. The highest BCUT2D eigenvalue weighted by Gasteiger charge is 2.24. The summed E-state index contributed by atoms with van der Waals surface area (Å²) in [6.07, 6.45) is 5.36. The minimum Gasteiger partial charge on any atom is -0.479 e. The number of aryl methyl sites for hydroxylation is 1. The lowest BCUT2D eigenvalue weighted by molar-refractivity contribution is 0.401. The lowest BCUT2D eigenvalue weighted by atomic mass is 10.3. The van der Waals surface area contributed by atoms with Crippen LogP contribution in [0.4, 0.5) is 0 Å². The van der Waals surface area contributed by atoms with Crippen LogP contribution >= 0.6 is 11.6 Å². The number of alkyl halides is 1. The van der Waals surface area contributed by atoms with Gasteiger partial charge < -0.3 is 9.30 Å². The molecule has 2 heterocycles. The van der Waals surface area contributed by atoms with Crippen LogP contribution in [-0.4, -0.2) is 26.6 Å². The van der Waals surface area contributed by atoms with Gasteiger partial charge in [0.25, 0.3) is 0 Å². The number of hydrogen-bond acceptors (Lipinski definition) is 4. The van der Waals surface area contributed by atoms with Gasteiger partial charge in [-0.3, -0.25) is 0 Å². The average molecular weight is 281 g/mol. The quantitative estimate of drug-likeness (QED) is 0.790. The normalized spacial score (nSPS) is 16.8. The van der Waals surface area contributed by atoms with Crippen molar-refractivity contribution in [1.82, 2.24) is 19.5 Å². The van der Waals surface area contributed by atoms with Crippen molar-refractivity contribution >= 4 is 22.8 Å². The van der Waals surface area contributed by atoms with Crippen LogP contribution in [0, 0.1) is 5.92 Å². The Morgan fingerprint density at radius 2 is 2.26 bits per heavy atom. The van der Waals surface area contributed by atoms with Crippen LogP contribution < -0.4 is 4.74 Å². The molecule has 0 saturated heterocycles. The lowest BCUT2D eigenvalue weighted by Crippen LogP contribution is -2.06. The van der Waals surface area contributed by atoms with Gasteiger partial charge in [0.1, 0.15) is 12.2 Å². The molecule has 0 amide bonds. The summed E-state index contributed by atoms with van der Waals surface area (Å²) in [5, 5.41) is -0.155.